The molecule has 606 valence electrons. The van der Waals surface area contributed by atoms with Crippen LogP contribution in [0.4, 0.5) is 14.4 Å². The van der Waals surface area contributed by atoms with E-state index in [1.807, 2.05) is 36.4 Å². The van der Waals surface area contributed by atoms with Crippen LogP contribution in [-0.2, 0) is 99.0 Å². The van der Waals surface area contributed by atoms with E-state index in [1.165, 1.54) is 56.6 Å². The van der Waals surface area contributed by atoms with E-state index in [9.17, 15) is 43.2 Å². The molecule has 0 spiro atoms. The molecule has 0 unspecified atom stereocenters. The molecule has 3 atom stereocenters. The van der Waals surface area contributed by atoms with E-state index >= 15 is 0 Å². The molecule has 0 aliphatic rings. The summed E-state index contributed by atoms with van der Waals surface area (Å²) in [7, 11) is 3.83. The Morgan fingerprint density at radius 3 is 0.798 bits per heavy atom. The predicted octanol–water partition coefficient (Wildman–Crippen LogP) is 14.9. The number of esters is 3. The van der Waals surface area contributed by atoms with Crippen molar-refractivity contribution in [3.63, 3.8) is 0 Å². The standard InChI is InChI=1S/C87H102N6O18S3/c1-16-31-106-67-25-19-55(20-26-67)43-73(91-82(100)109-85(4,5)6)76(94)88-49-58-34-61(40-64(37-58)79(97)103-13)52-112-70-46-71(113-53-62-35-59(38-65(41-62)80(98)104-14)50-89-77(95)74(92-83(101)110-86(7,8)9)44-56-21-27-68(28-22-56)107-32-17-2)48-72(47-70)114-54-63-36-60(39-66(42-63)81(99)105-15)51-90-78(96)75(93-84(102)111-87(10,11)12)45-57-23-29-69(30-24-57)108-33-18-3/h16-30,34-42,46-48,73-75H,1-3,31-33,43-45,49-54H2,4-15H3,(H,88,94)(H,89,95)(H,90,96)(H,91,100)(H,92,101)(H,93,102)/t73-,74-,75-/m0/s1. The Balaban J connectivity index is 1.19. The van der Waals surface area contributed by atoms with E-state index in [-0.39, 0.29) is 55.6 Å². The second-order valence-electron chi connectivity index (χ2n) is 29.2. The molecule has 0 saturated carbocycles. The normalized spacial score (nSPS) is 12.0. The molecular formula is C87H102N6O18S3. The SMILES string of the molecule is C=CCOc1ccc(C[C@H](NC(=O)OC(C)(C)C)C(=O)NCc2cc(CSc3cc(SCc4cc(CNC(=O)[C@H](Cc5ccc(OCC=C)cc5)NC(=O)OC(C)(C)C)cc(C(=O)OC)c4)cc(SCc4cc(CNC(=O)[C@H](Cc5ccc(OCC=C)cc5)NC(=O)OC(C)(C)C)cc(C(=O)OC)c4)c3)cc(C(=O)OC)c2)cc1. The van der Waals surface area contributed by atoms with Crippen LogP contribution in [0.25, 0.3) is 0 Å². The van der Waals surface area contributed by atoms with Gasteiger partial charge in [0.2, 0.25) is 17.7 Å². The lowest BCUT2D eigenvalue weighted by atomic mass is 10.0. The van der Waals surface area contributed by atoms with E-state index in [0.717, 1.165) is 31.4 Å². The molecule has 0 fully saturated rings. The number of carbonyl (C=O) groups is 9. The number of hydrogen-bond donors (Lipinski definition) is 6. The molecule has 7 rings (SSSR count). The van der Waals surface area contributed by atoms with E-state index in [0.29, 0.717) is 87.7 Å². The van der Waals surface area contributed by atoms with Gasteiger partial charge in [-0.25, -0.2) is 28.8 Å². The Labute approximate surface area is 679 Å². The number of rotatable bonds is 39. The highest BCUT2D eigenvalue weighted by Gasteiger charge is 2.29. The number of methoxy groups -OCH3 is 3. The fraction of sp³-hybridized carbons (Fsp3) is 0.345. The van der Waals surface area contributed by atoms with Crippen molar-refractivity contribution in [3.05, 3.63) is 250 Å². The van der Waals surface area contributed by atoms with Crippen LogP contribution in [0, 0.1) is 0 Å². The minimum absolute atomic E-state index is 0.0472. The smallest absolute Gasteiger partial charge is 0.408 e. The van der Waals surface area contributed by atoms with Crippen molar-refractivity contribution in [2.45, 2.75) is 168 Å². The van der Waals surface area contributed by atoms with Crippen molar-refractivity contribution in [3.8, 4) is 17.2 Å². The van der Waals surface area contributed by atoms with Gasteiger partial charge in [0.1, 0.15) is 72.0 Å². The fourth-order valence-electron chi connectivity index (χ4n) is 11.1. The number of ether oxygens (including phenoxy) is 9. The van der Waals surface area contributed by atoms with E-state index in [4.69, 9.17) is 42.6 Å². The van der Waals surface area contributed by atoms with Crippen LogP contribution < -0.4 is 46.1 Å². The monoisotopic (exact) mass is 1610 g/mol. The van der Waals surface area contributed by atoms with Crippen LogP contribution in [0.3, 0.4) is 0 Å². The summed E-state index contributed by atoms with van der Waals surface area (Å²) < 4.78 is 49.3. The molecule has 6 N–H and O–H groups in total. The average Bonchev–Trinajstić information content (AvgIpc) is 0.869. The highest BCUT2D eigenvalue weighted by atomic mass is 32.2. The highest BCUT2D eigenvalue weighted by molar-refractivity contribution is 8.00. The Morgan fingerprint density at radius 1 is 0.342 bits per heavy atom. The predicted molar refractivity (Wildman–Crippen MR) is 441 cm³/mol. The molecule has 0 radical (unpaired) electrons. The van der Waals surface area contributed by atoms with Crippen LogP contribution >= 0.6 is 35.3 Å². The molecule has 0 aliphatic heterocycles. The first kappa shape index (κ1) is 90.0. The second-order valence-corrected chi connectivity index (χ2v) is 32.3. The van der Waals surface area contributed by atoms with Crippen LogP contribution in [-0.4, -0.2) is 130 Å². The van der Waals surface area contributed by atoms with Gasteiger partial charge >= 0.3 is 36.2 Å². The van der Waals surface area contributed by atoms with Gasteiger partial charge in [0.05, 0.1) is 38.0 Å². The second kappa shape index (κ2) is 43.8. The van der Waals surface area contributed by atoms with Gasteiger partial charge in [-0.05, 0) is 203 Å². The zero-order chi connectivity index (χ0) is 83.1. The Hall–Kier alpha value is -11.2. The van der Waals surface area contributed by atoms with Crippen molar-refractivity contribution >= 4 is 89.2 Å². The molecule has 114 heavy (non-hydrogen) atoms. The zero-order valence-electron chi connectivity index (χ0n) is 66.5. The maximum absolute atomic E-state index is 14.2. The molecule has 0 saturated heterocycles. The summed E-state index contributed by atoms with van der Waals surface area (Å²) in [6.45, 7) is 27.3. The third kappa shape index (κ3) is 31.8. The molecular weight excluding hydrogens is 1510 g/mol. The number of nitrogens with one attached hydrogen (secondary N) is 6. The third-order valence-corrected chi connectivity index (χ3v) is 19.2. The first-order valence-corrected chi connectivity index (χ1v) is 39.6. The lowest BCUT2D eigenvalue weighted by molar-refractivity contribution is -0.124. The van der Waals surface area contributed by atoms with Gasteiger partial charge < -0.3 is 74.5 Å². The molecule has 0 bridgehead atoms. The third-order valence-electron chi connectivity index (χ3n) is 16.1. The van der Waals surface area contributed by atoms with Crippen LogP contribution in [0.5, 0.6) is 17.2 Å². The quantitative estimate of drug-likeness (QED) is 0.00902. The number of alkyl carbamates (subject to hydrolysis) is 3. The molecule has 0 aromatic heterocycles. The minimum atomic E-state index is -1.08. The maximum atomic E-state index is 14.2. The molecule has 24 nitrogen and oxygen atoms in total. The van der Waals surface area contributed by atoms with Gasteiger partial charge in [0.15, 0.2) is 0 Å². The number of hydrogen-bond acceptors (Lipinski definition) is 21. The number of benzene rings is 7. The zero-order valence-corrected chi connectivity index (χ0v) is 68.9. The summed E-state index contributed by atoms with van der Waals surface area (Å²) in [4.78, 5) is 125. The van der Waals surface area contributed by atoms with Crippen LogP contribution in [0.2, 0.25) is 0 Å². The lowest BCUT2D eigenvalue weighted by Gasteiger charge is -2.23. The van der Waals surface area contributed by atoms with Crippen molar-refractivity contribution in [1.29, 1.82) is 0 Å². The topological polar surface area (TPSA) is 309 Å². The minimum Gasteiger partial charge on any atom is -0.490 e. The van der Waals surface area contributed by atoms with Gasteiger partial charge in [-0.3, -0.25) is 14.4 Å². The fourth-order valence-corrected chi connectivity index (χ4v) is 14.1. The Kier molecular flexibility index (Phi) is 34.6. The van der Waals surface area contributed by atoms with Gasteiger partial charge in [-0.2, -0.15) is 0 Å². The van der Waals surface area contributed by atoms with E-state index in [2.05, 4.69) is 51.6 Å². The van der Waals surface area contributed by atoms with Crippen molar-refractivity contribution in [2.24, 2.45) is 0 Å². The van der Waals surface area contributed by atoms with Gasteiger partial charge in [-0.15, -0.1) is 35.3 Å². The summed E-state index contributed by atoms with van der Waals surface area (Å²) in [5.74, 6) is -0.661. The molecule has 6 amide bonds. The average molecular weight is 1620 g/mol. The van der Waals surface area contributed by atoms with Gasteiger partial charge in [0.25, 0.3) is 0 Å². The van der Waals surface area contributed by atoms with Crippen LogP contribution in [0.1, 0.15) is 143 Å². The number of thioether (sulfide) groups is 3. The number of amides is 6. The summed E-state index contributed by atoms with van der Waals surface area (Å²) in [6.07, 6.45) is 2.82. The molecule has 7 aromatic carbocycles. The molecule has 27 heteroatoms. The van der Waals surface area contributed by atoms with Gasteiger partial charge in [-0.1, -0.05) is 92.6 Å². The highest BCUT2D eigenvalue weighted by Crippen LogP contribution is 2.37. The summed E-state index contributed by atoms with van der Waals surface area (Å²) in [5, 5.41) is 17.1. The first-order valence-electron chi connectivity index (χ1n) is 36.6. The number of carbonyl (C=O) groups excluding carboxylic acids is 9. The van der Waals surface area contributed by atoms with Crippen molar-refractivity contribution < 1.29 is 85.8 Å². The van der Waals surface area contributed by atoms with E-state index < -0.39 is 88.8 Å². The summed E-state index contributed by atoms with van der Waals surface area (Å²) in [6, 6.07) is 39.7. The Morgan fingerprint density at radius 2 is 0.579 bits per heavy atom. The molecule has 7 aromatic rings. The summed E-state index contributed by atoms with van der Waals surface area (Å²) >= 11 is 4.39. The molecule has 0 heterocycles. The first-order chi connectivity index (χ1) is 54.2. The molecule has 0 aliphatic carbocycles. The largest absolute Gasteiger partial charge is 0.490 e. The van der Waals surface area contributed by atoms with Crippen molar-refractivity contribution in [1.82, 2.24) is 31.9 Å². The lowest BCUT2D eigenvalue weighted by Crippen LogP contribution is -2.49. The summed E-state index contributed by atoms with van der Waals surface area (Å²) in [5.41, 5.74) is 4.10. The maximum Gasteiger partial charge on any atom is 0.408 e. The Bertz CT molecular complexity index is 4050. The van der Waals surface area contributed by atoms with Gasteiger partial charge in [0, 0.05) is 70.8 Å². The van der Waals surface area contributed by atoms with Crippen LogP contribution in [0.15, 0.2) is 198 Å². The van der Waals surface area contributed by atoms with E-state index in [1.54, 1.807) is 190 Å². The van der Waals surface area contributed by atoms with Crippen molar-refractivity contribution in [2.75, 3.05) is 41.2 Å².